The molecule has 8 heteroatoms. The molecule has 0 aliphatic carbocycles. The summed E-state index contributed by atoms with van der Waals surface area (Å²) < 4.78 is 5.43. The number of rotatable bonds is 6. The highest BCUT2D eigenvalue weighted by atomic mass is 35.5. The lowest BCUT2D eigenvalue weighted by atomic mass is 10.0. The molecule has 0 spiro atoms. The third-order valence-electron chi connectivity index (χ3n) is 6.29. The van der Waals surface area contributed by atoms with Crippen molar-refractivity contribution in [3.63, 3.8) is 0 Å². The highest BCUT2D eigenvalue weighted by Gasteiger charge is 2.23. The first kappa shape index (κ1) is 23.0. The Balaban J connectivity index is 1.44. The fraction of sp³-hybridized carbons (Fsp3) is 0.542. The van der Waals surface area contributed by atoms with E-state index in [2.05, 4.69) is 27.6 Å². The fourth-order valence-corrected chi connectivity index (χ4v) is 4.56. The Morgan fingerprint density at radius 1 is 1.22 bits per heavy atom. The summed E-state index contributed by atoms with van der Waals surface area (Å²) in [5, 5.41) is 6.94. The highest BCUT2D eigenvalue weighted by Crippen LogP contribution is 2.29. The minimum Gasteiger partial charge on any atom is -0.381 e. The van der Waals surface area contributed by atoms with Crippen LogP contribution in [0.15, 0.2) is 30.5 Å². The normalized spacial score (nSPS) is 20.5. The first-order valence-electron chi connectivity index (χ1n) is 11.5. The number of hydrogen-bond acceptors (Lipinski definition) is 6. The average molecular weight is 458 g/mol. The monoisotopic (exact) mass is 457 g/mol. The lowest BCUT2D eigenvalue weighted by Gasteiger charge is -2.22. The number of nitrogens with zero attached hydrogens (tertiary/aromatic N) is 3. The van der Waals surface area contributed by atoms with Gasteiger partial charge in [0.05, 0.1) is 16.6 Å². The molecule has 4 heterocycles. The number of pyridine rings is 2. The zero-order valence-corrected chi connectivity index (χ0v) is 19.4. The Bertz CT molecular complexity index is 919. The Morgan fingerprint density at radius 3 is 2.91 bits per heavy atom. The summed E-state index contributed by atoms with van der Waals surface area (Å²) in [7, 11) is 2.07. The van der Waals surface area contributed by atoms with Gasteiger partial charge < -0.3 is 20.3 Å². The van der Waals surface area contributed by atoms with E-state index in [1.165, 1.54) is 0 Å². The van der Waals surface area contributed by atoms with Gasteiger partial charge in [-0.3, -0.25) is 4.79 Å². The van der Waals surface area contributed by atoms with Crippen LogP contribution < -0.4 is 10.6 Å². The van der Waals surface area contributed by atoms with Gasteiger partial charge in [0.1, 0.15) is 11.6 Å². The molecule has 1 unspecified atom stereocenters. The van der Waals surface area contributed by atoms with E-state index < -0.39 is 0 Å². The standard InChI is InChI=1S/C24H32ClN5O2/c1-30-10-3-2-5-18(16-30)24(31)29-23-13-19(20(25)15-27-23)21-6-4-7-22(28-21)26-14-17-8-11-32-12-9-17/h4,6-7,13,15,17-18H,2-3,5,8-12,14,16H2,1H3,(H,26,28)(H,27,29,31). The van der Waals surface area contributed by atoms with Crippen molar-refractivity contribution in [2.24, 2.45) is 11.8 Å². The molecular formula is C24H32ClN5O2. The smallest absolute Gasteiger partial charge is 0.229 e. The van der Waals surface area contributed by atoms with Crippen LogP contribution in [0.4, 0.5) is 11.6 Å². The van der Waals surface area contributed by atoms with Gasteiger partial charge in [0.15, 0.2) is 0 Å². The molecule has 4 rings (SSSR count). The van der Waals surface area contributed by atoms with Crippen LogP contribution in [0, 0.1) is 11.8 Å². The molecule has 0 aromatic carbocycles. The van der Waals surface area contributed by atoms with Gasteiger partial charge in [0, 0.05) is 38.1 Å². The van der Waals surface area contributed by atoms with Crippen LogP contribution in [0.5, 0.6) is 0 Å². The second-order valence-electron chi connectivity index (χ2n) is 8.84. The van der Waals surface area contributed by atoms with Gasteiger partial charge in [-0.15, -0.1) is 0 Å². The molecule has 2 fully saturated rings. The summed E-state index contributed by atoms with van der Waals surface area (Å²) in [6.07, 6.45) is 6.83. The van der Waals surface area contributed by atoms with E-state index in [1.807, 2.05) is 24.3 Å². The van der Waals surface area contributed by atoms with E-state index in [-0.39, 0.29) is 11.8 Å². The molecular weight excluding hydrogens is 426 g/mol. The molecule has 0 saturated carbocycles. The summed E-state index contributed by atoms with van der Waals surface area (Å²) in [6, 6.07) is 7.66. The molecule has 32 heavy (non-hydrogen) atoms. The van der Waals surface area contributed by atoms with Crippen molar-refractivity contribution in [3.05, 3.63) is 35.5 Å². The molecule has 0 radical (unpaired) electrons. The Hall–Kier alpha value is -2.22. The van der Waals surface area contributed by atoms with Crippen LogP contribution in [-0.4, -0.2) is 60.7 Å². The minimum atomic E-state index is -0.0285. The molecule has 2 aliphatic rings. The lowest BCUT2D eigenvalue weighted by Crippen LogP contribution is -2.32. The van der Waals surface area contributed by atoms with Gasteiger partial charge in [-0.05, 0) is 63.4 Å². The van der Waals surface area contributed by atoms with Crippen molar-refractivity contribution in [3.8, 4) is 11.3 Å². The molecule has 2 aromatic heterocycles. The van der Waals surface area contributed by atoms with Crippen molar-refractivity contribution >= 4 is 29.1 Å². The van der Waals surface area contributed by atoms with Gasteiger partial charge in [-0.1, -0.05) is 24.1 Å². The van der Waals surface area contributed by atoms with Crippen LogP contribution in [0.2, 0.25) is 5.02 Å². The number of hydrogen-bond donors (Lipinski definition) is 2. The Morgan fingerprint density at radius 2 is 2.06 bits per heavy atom. The van der Waals surface area contributed by atoms with E-state index in [0.29, 0.717) is 16.8 Å². The molecule has 1 atom stereocenters. The molecule has 172 valence electrons. The van der Waals surface area contributed by atoms with Crippen molar-refractivity contribution < 1.29 is 9.53 Å². The van der Waals surface area contributed by atoms with E-state index >= 15 is 0 Å². The predicted molar refractivity (Wildman–Crippen MR) is 128 cm³/mol. The Kier molecular flexibility index (Phi) is 7.95. The third kappa shape index (κ3) is 6.18. The van der Waals surface area contributed by atoms with E-state index in [9.17, 15) is 4.79 Å². The zero-order chi connectivity index (χ0) is 22.3. The van der Waals surface area contributed by atoms with Gasteiger partial charge in [-0.2, -0.15) is 0 Å². The number of amides is 1. The van der Waals surface area contributed by atoms with Gasteiger partial charge >= 0.3 is 0 Å². The number of ether oxygens (including phenoxy) is 1. The maximum Gasteiger partial charge on any atom is 0.229 e. The van der Waals surface area contributed by atoms with Crippen LogP contribution in [0.1, 0.15) is 32.1 Å². The minimum absolute atomic E-state index is 0.0133. The number of carbonyl (C=O) groups is 1. The Labute approximate surface area is 194 Å². The third-order valence-corrected chi connectivity index (χ3v) is 6.59. The number of anilines is 2. The van der Waals surface area contributed by atoms with Crippen molar-refractivity contribution in [2.75, 3.05) is 50.5 Å². The summed E-state index contributed by atoms with van der Waals surface area (Å²) in [5.74, 6) is 1.90. The van der Waals surface area contributed by atoms with Gasteiger partial charge in [0.2, 0.25) is 5.91 Å². The summed E-state index contributed by atoms with van der Waals surface area (Å²) in [4.78, 5) is 24.1. The van der Waals surface area contributed by atoms with Gasteiger partial charge in [-0.25, -0.2) is 9.97 Å². The number of nitrogens with one attached hydrogen (secondary N) is 2. The number of likely N-dealkylation sites (tertiary alicyclic amines) is 1. The maximum absolute atomic E-state index is 12.8. The SMILES string of the molecule is CN1CCCCC(C(=O)Nc2cc(-c3cccc(NCC4CCOCC4)n3)c(Cl)cn2)C1. The molecule has 2 aliphatic heterocycles. The summed E-state index contributed by atoms with van der Waals surface area (Å²) in [6.45, 7) is 4.35. The molecule has 1 amide bonds. The first-order chi connectivity index (χ1) is 15.6. The van der Waals surface area contributed by atoms with Crippen LogP contribution in [0.25, 0.3) is 11.3 Å². The van der Waals surface area contributed by atoms with Gasteiger partial charge in [0.25, 0.3) is 0 Å². The number of carbonyl (C=O) groups excluding carboxylic acids is 1. The van der Waals surface area contributed by atoms with Crippen molar-refractivity contribution in [1.29, 1.82) is 0 Å². The second kappa shape index (κ2) is 11.1. The lowest BCUT2D eigenvalue weighted by molar-refractivity contribution is -0.120. The van der Waals surface area contributed by atoms with E-state index in [4.69, 9.17) is 21.3 Å². The second-order valence-corrected chi connectivity index (χ2v) is 9.25. The quantitative estimate of drug-likeness (QED) is 0.673. The van der Waals surface area contributed by atoms with Crippen LogP contribution >= 0.6 is 11.6 Å². The molecule has 2 saturated heterocycles. The predicted octanol–water partition coefficient (Wildman–Crippen LogP) is 4.31. The number of aromatic nitrogens is 2. The average Bonchev–Trinajstić information content (AvgIpc) is 3.04. The highest BCUT2D eigenvalue weighted by molar-refractivity contribution is 6.33. The summed E-state index contributed by atoms with van der Waals surface area (Å²) in [5.41, 5.74) is 1.50. The van der Waals surface area contributed by atoms with Crippen LogP contribution in [-0.2, 0) is 9.53 Å². The van der Waals surface area contributed by atoms with E-state index in [0.717, 1.165) is 82.0 Å². The zero-order valence-electron chi connectivity index (χ0n) is 18.6. The molecule has 0 bridgehead atoms. The topological polar surface area (TPSA) is 79.4 Å². The molecule has 7 nitrogen and oxygen atoms in total. The van der Waals surface area contributed by atoms with E-state index in [1.54, 1.807) is 6.20 Å². The van der Waals surface area contributed by atoms with Crippen molar-refractivity contribution in [1.82, 2.24) is 14.9 Å². The van der Waals surface area contributed by atoms with Crippen molar-refractivity contribution in [2.45, 2.75) is 32.1 Å². The number of halogens is 1. The first-order valence-corrected chi connectivity index (χ1v) is 11.9. The maximum atomic E-state index is 12.8. The van der Waals surface area contributed by atoms with Crippen LogP contribution in [0.3, 0.4) is 0 Å². The molecule has 2 N–H and O–H groups in total. The molecule has 2 aromatic rings. The fourth-order valence-electron chi connectivity index (χ4n) is 4.36. The largest absolute Gasteiger partial charge is 0.381 e. The summed E-state index contributed by atoms with van der Waals surface area (Å²) >= 11 is 6.45.